The summed E-state index contributed by atoms with van der Waals surface area (Å²) in [4.78, 5) is 9.28. The fraction of sp³-hybridized carbons (Fsp3) is 0.158. The van der Waals surface area contributed by atoms with Gasteiger partial charge in [-0.25, -0.2) is 4.98 Å². The van der Waals surface area contributed by atoms with Gasteiger partial charge in [0.25, 0.3) is 0 Å². The number of amidine groups is 1. The van der Waals surface area contributed by atoms with Gasteiger partial charge in [-0.2, -0.15) is 0 Å². The van der Waals surface area contributed by atoms with Crippen molar-refractivity contribution in [1.29, 1.82) is 0 Å². The fourth-order valence-electron chi connectivity index (χ4n) is 3.00. The third kappa shape index (κ3) is 2.88. The average molecular weight is 365 g/mol. The summed E-state index contributed by atoms with van der Waals surface area (Å²) in [6.45, 7) is 2.12. The molecule has 6 nitrogen and oxygen atoms in total. The molecule has 1 aliphatic heterocycles. The first-order valence-corrected chi connectivity index (χ1v) is 8.74. The van der Waals surface area contributed by atoms with E-state index in [0.717, 1.165) is 17.8 Å². The van der Waals surface area contributed by atoms with E-state index in [4.69, 9.17) is 22.3 Å². The van der Waals surface area contributed by atoms with Crippen LogP contribution in [-0.2, 0) is 0 Å². The van der Waals surface area contributed by atoms with E-state index >= 15 is 0 Å². The molecule has 2 heterocycles. The second-order valence-electron chi connectivity index (χ2n) is 5.96. The highest BCUT2D eigenvalue weighted by molar-refractivity contribution is 6.33. The van der Waals surface area contributed by atoms with Gasteiger partial charge in [0.2, 0.25) is 0 Å². The highest BCUT2D eigenvalue weighted by Crippen LogP contribution is 2.33. The van der Waals surface area contributed by atoms with E-state index in [1.165, 1.54) is 5.56 Å². The van der Waals surface area contributed by atoms with Crippen LogP contribution in [0.1, 0.15) is 30.5 Å². The topological polar surface area (TPSA) is 89.1 Å². The van der Waals surface area contributed by atoms with E-state index in [1.54, 1.807) is 6.07 Å². The summed E-state index contributed by atoms with van der Waals surface area (Å²) in [5.74, 6) is 1.78. The number of halogens is 1. The minimum atomic E-state index is 0.132. The van der Waals surface area contributed by atoms with Crippen LogP contribution in [0.25, 0.3) is 11.4 Å². The molecule has 7 heteroatoms. The Morgan fingerprint density at radius 3 is 2.54 bits per heavy atom. The zero-order chi connectivity index (χ0) is 18.1. The van der Waals surface area contributed by atoms with E-state index in [0.29, 0.717) is 22.2 Å². The van der Waals surface area contributed by atoms with Crippen molar-refractivity contribution in [3.63, 3.8) is 0 Å². The van der Waals surface area contributed by atoms with Gasteiger partial charge >= 0.3 is 0 Å². The molecule has 0 spiro atoms. The van der Waals surface area contributed by atoms with Crippen molar-refractivity contribution in [3.05, 3.63) is 64.7 Å². The average Bonchev–Trinajstić information content (AvgIpc) is 3.02. The minimum absolute atomic E-state index is 0.132. The smallest absolute Gasteiger partial charge is 0.189 e. The van der Waals surface area contributed by atoms with Crippen LogP contribution in [0.2, 0.25) is 5.02 Å². The van der Waals surface area contributed by atoms with Gasteiger partial charge in [0.1, 0.15) is 5.84 Å². The van der Waals surface area contributed by atoms with Crippen molar-refractivity contribution in [3.8, 4) is 11.4 Å². The lowest BCUT2D eigenvalue weighted by atomic mass is 10.0. The zero-order valence-corrected chi connectivity index (χ0v) is 14.9. The van der Waals surface area contributed by atoms with E-state index in [1.807, 2.05) is 36.4 Å². The predicted molar refractivity (Wildman–Crippen MR) is 104 cm³/mol. The number of aliphatic imine (C=N–C) groups is 1. The van der Waals surface area contributed by atoms with E-state index < -0.39 is 0 Å². The van der Waals surface area contributed by atoms with Crippen LogP contribution >= 0.6 is 11.6 Å². The number of hydrogen-bond acceptors (Lipinski definition) is 6. The summed E-state index contributed by atoms with van der Waals surface area (Å²) >= 11 is 6.24. The maximum atomic E-state index is 6.24. The molecule has 130 valence electrons. The molecule has 0 aliphatic carbocycles. The van der Waals surface area contributed by atoms with Crippen LogP contribution in [-0.4, -0.2) is 21.0 Å². The first kappa shape index (κ1) is 16.5. The Morgan fingerprint density at radius 2 is 1.77 bits per heavy atom. The van der Waals surface area contributed by atoms with Crippen molar-refractivity contribution in [2.45, 2.75) is 19.4 Å². The molecule has 0 amide bonds. The predicted octanol–water partition coefficient (Wildman–Crippen LogP) is 4.10. The quantitative estimate of drug-likeness (QED) is 0.730. The number of nitrogen functional groups attached to an aromatic ring is 1. The summed E-state index contributed by atoms with van der Waals surface area (Å²) in [6.07, 6.45) is 0.921. The Bertz CT molecular complexity index is 1000. The monoisotopic (exact) mass is 364 g/mol. The Morgan fingerprint density at radius 1 is 1.04 bits per heavy atom. The number of rotatable bonds is 3. The van der Waals surface area contributed by atoms with Gasteiger partial charge in [-0.3, -0.25) is 4.99 Å². The zero-order valence-electron chi connectivity index (χ0n) is 14.1. The van der Waals surface area contributed by atoms with Gasteiger partial charge in [0.15, 0.2) is 17.5 Å². The van der Waals surface area contributed by atoms with Crippen LogP contribution < -0.4 is 11.1 Å². The molecule has 0 saturated carbocycles. The van der Waals surface area contributed by atoms with Crippen molar-refractivity contribution >= 4 is 29.1 Å². The number of aromatic nitrogens is 3. The molecular formula is C19H17ClN6. The maximum Gasteiger partial charge on any atom is 0.189 e. The van der Waals surface area contributed by atoms with Gasteiger partial charge in [0, 0.05) is 11.1 Å². The number of nitrogens with two attached hydrogens (primary N) is 1. The number of nitrogens with zero attached hydrogens (tertiary/aromatic N) is 4. The molecule has 3 N–H and O–H groups in total. The number of hydrogen-bond donors (Lipinski definition) is 2. The van der Waals surface area contributed by atoms with Crippen LogP contribution in [0.3, 0.4) is 0 Å². The van der Waals surface area contributed by atoms with Crippen molar-refractivity contribution in [1.82, 2.24) is 15.2 Å². The Hall–Kier alpha value is -2.99. The van der Waals surface area contributed by atoms with Crippen LogP contribution in [0.15, 0.2) is 53.5 Å². The molecule has 0 saturated heterocycles. The first-order chi connectivity index (χ1) is 12.7. The summed E-state index contributed by atoms with van der Waals surface area (Å²) < 4.78 is 0. The number of fused-ring (bicyclic) bond motifs is 1. The molecule has 0 fully saturated rings. The SMILES string of the molecule is CCC1N=C(Nc2nc(-c3ccccc3Cl)nnc2N)c2ccccc21. The lowest BCUT2D eigenvalue weighted by Gasteiger charge is -2.10. The van der Waals surface area contributed by atoms with Gasteiger partial charge in [0.05, 0.1) is 11.1 Å². The third-order valence-corrected chi connectivity index (χ3v) is 4.64. The lowest BCUT2D eigenvalue weighted by Crippen LogP contribution is -2.16. The van der Waals surface area contributed by atoms with E-state index in [-0.39, 0.29) is 11.9 Å². The summed E-state index contributed by atoms with van der Waals surface area (Å²) in [7, 11) is 0. The molecule has 26 heavy (non-hydrogen) atoms. The summed E-state index contributed by atoms with van der Waals surface area (Å²) in [5.41, 5.74) is 8.93. The van der Waals surface area contributed by atoms with E-state index in [9.17, 15) is 0 Å². The molecule has 1 aromatic heterocycles. The summed E-state index contributed by atoms with van der Waals surface area (Å²) in [6, 6.07) is 15.6. The minimum Gasteiger partial charge on any atom is -0.379 e. The van der Waals surface area contributed by atoms with Crippen molar-refractivity contribution in [2.24, 2.45) is 4.99 Å². The van der Waals surface area contributed by atoms with Gasteiger partial charge in [-0.1, -0.05) is 54.9 Å². The highest BCUT2D eigenvalue weighted by atomic mass is 35.5. The Balaban J connectivity index is 1.72. The summed E-state index contributed by atoms with van der Waals surface area (Å²) in [5, 5.41) is 11.9. The normalized spacial score (nSPS) is 15.5. The molecule has 3 aromatic rings. The highest BCUT2D eigenvalue weighted by Gasteiger charge is 2.24. The standard InChI is InChI=1S/C19H17ClN6/c1-2-15-11-7-3-4-8-12(11)17(22-15)23-19-16(21)25-26-18(24-19)13-9-5-6-10-14(13)20/h3-10,15H,2H2,1H3,(H2,21,25)(H,22,23,24,26). The molecule has 1 atom stereocenters. The van der Waals surface area contributed by atoms with Crippen LogP contribution in [0.4, 0.5) is 11.6 Å². The first-order valence-electron chi connectivity index (χ1n) is 8.36. The molecule has 1 unspecified atom stereocenters. The molecular weight excluding hydrogens is 348 g/mol. The lowest BCUT2D eigenvalue weighted by molar-refractivity contribution is 0.716. The largest absolute Gasteiger partial charge is 0.379 e. The van der Waals surface area contributed by atoms with Gasteiger partial charge < -0.3 is 11.1 Å². The van der Waals surface area contributed by atoms with Gasteiger partial charge in [-0.05, 0) is 24.1 Å². The van der Waals surface area contributed by atoms with Crippen molar-refractivity contribution < 1.29 is 0 Å². The second kappa shape index (κ2) is 6.72. The maximum absolute atomic E-state index is 6.24. The van der Waals surface area contributed by atoms with Crippen LogP contribution in [0.5, 0.6) is 0 Å². The van der Waals surface area contributed by atoms with E-state index in [2.05, 4.69) is 33.5 Å². The molecule has 1 aliphatic rings. The van der Waals surface area contributed by atoms with Crippen LogP contribution in [0, 0.1) is 0 Å². The number of anilines is 2. The number of benzene rings is 2. The molecule has 2 aromatic carbocycles. The molecule has 4 rings (SSSR count). The third-order valence-electron chi connectivity index (χ3n) is 4.31. The number of nitrogens with one attached hydrogen (secondary N) is 1. The molecule has 0 radical (unpaired) electrons. The van der Waals surface area contributed by atoms with Gasteiger partial charge in [-0.15, -0.1) is 10.2 Å². The Labute approximate surface area is 156 Å². The fourth-order valence-corrected chi connectivity index (χ4v) is 3.22. The molecule has 0 bridgehead atoms. The Kier molecular flexibility index (Phi) is 4.26. The van der Waals surface area contributed by atoms with Crippen molar-refractivity contribution in [2.75, 3.05) is 11.1 Å². The second-order valence-corrected chi connectivity index (χ2v) is 6.37.